The van der Waals surface area contributed by atoms with Gasteiger partial charge in [-0.15, -0.1) is 6.58 Å². The Labute approximate surface area is 144 Å². The second kappa shape index (κ2) is 10.4. The molecule has 0 aromatic heterocycles. The zero-order valence-corrected chi connectivity index (χ0v) is 13.7. The van der Waals surface area contributed by atoms with Gasteiger partial charge in [-0.25, -0.2) is 9.59 Å². The first-order valence-electron chi connectivity index (χ1n) is 7.32. The molecule has 0 heterocycles. The third kappa shape index (κ3) is 8.12. The van der Waals surface area contributed by atoms with Gasteiger partial charge < -0.3 is 15.4 Å². The van der Waals surface area contributed by atoms with Gasteiger partial charge in [0.2, 0.25) is 5.91 Å². The molecule has 4 amide bonds. The van der Waals surface area contributed by atoms with Gasteiger partial charge in [-0.2, -0.15) is 0 Å². The summed E-state index contributed by atoms with van der Waals surface area (Å²) in [5.74, 6) is -2.18. The summed E-state index contributed by atoms with van der Waals surface area (Å²) >= 11 is 0. The second-order valence-corrected chi connectivity index (χ2v) is 4.77. The van der Waals surface area contributed by atoms with Crippen molar-refractivity contribution in [1.29, 1.82) is 0 Å². The third-order valence-electron chi connectivity index (χ3n) is 2.64. The Bertz CT molecular complexity index is 683. The lowest BCUT2D eigenvalue weighted by atomic mass is 10.2. The van der Waals surface area contributed by atoms with E-state index in [0.29, 0.717) is 5.56 Å². The lowest BCUT2D eigenvalue weighted by Gasteiger charge is -2.09. The van der Waals surface area contributed by atoms with E-state index >= 15 is 0 Å². The number of hydrogen-bond donors (Lipinski definition) is 3. The van der Waals surface area contributed by atoms with Crippen molar-refractivity contribution in [2.75, 3.05) is 13.2 Å². The maximum atomic E-state index is 12.0. The summed E-state index contributed by atoms with van der Waals surface area (Å²) in [6.07, 6.45) is 2.86. The lowest BCUT2D eigenvalue weighted by molar-refractivity contribution is -0.145. The van der Waals surface area contributed by atoms with Crippen LogP contribution in [0.4, 0.5) is 4.79 Å². The van der Waals surface area contributed by atoms with Crippen LogP contribution in [0.1, 0.15) is 12.5 Å². The van der Waals surface area contributed by atoms with Crippen LogP contribution in [0.5, 0.6) is 0 Å². The molecular formula is C17H19N3O5. The van der Waals surface area contributed by atoms with E-state index < -0.39 is 30.4 Å². The number of rotatable bonds is 7. The van der Waals surface area contributed by atoms with Crippen molar-refractivity contribution in [1.82, 2.24) is 16.0 Å². The molecule has 0 aliphatic heterocycles. The number of ether oxygens (including phenoxy) is 1. The largest absolute Gasteiger partial charge is 0.451 e. The number of urea groups is 1. The fraction of sp³-hybridized carbons (Fsp3) is 0.176. The number of nitrogens with one attached hydrogen (secondary N) is 3. The SMILES string of the molecule is C=CCNC(=O)NC(=O)COC(=O)/C(=C/c1ccccc1)NC(C)=O. The predicted molar refractivity (Wildman–Crippen MR) is 90.9 cm³/mol. The van der Waals surface area contributed by atoms with Crippen molar-refractivity contribution in [3.8, 4) is 0 Å². The van der Waals surface area contributed by atoms with E-state index in [2.05, 4.69) is 17.2 Å². The zero-order valence-electron chi connectivity index (χ0n) is 13.7. The van der Waals surface area contributed by atoms with Crippen molar-refractivity contribution in [3.05, 3.63) is 54.2 Å². The number of imide groups is 1. The molecule has 0 atom stereocenters. The van der Waals surface area contributed by atoms with Crippen LogP contribution in [0.3, 0.4) is 0 Å². The van der Waals surface area contributed by atoms with Crippen LogP contribution >= 0.6 is 0 Å². The second-order valence-electron chi connectivity index (χ2n) is 4.77. The van der Waals surface area contributed by atoms with Crippen molar-refractivity contribution in [2.24, 2.45) is 0 Å². The smallest absolute Gasteiger partial charge is 0.355 e. The molecule has 0 spiro atoms. The average Bonchev–Trinajstić information content (AvgIpc) is 2.57. The molecule has 1 aromatic rings. The van der Waals surface area contributed by atoms with Gasteiger partial charge in [-0.3, -0.25) is 14.9 Å². The number of hydrogen-bond acceptors (Lipinski definition) is 5. The summed E-state index contributed by atoms with van der Waals surface area (Å²) in [4.78, 5) is 46.1. The third-order valence-corrected chi connectivity index (χ3v) is 2.64. The monoisotopic (exact) mass is 345 g/mol. The van der Waals surface area contributed by atoms with Gasteiger partial charge in [-0.05, 0) is 11.6 Å². The molecule has 0 bridgehead atoms. The summed E-state index contributed by atoms with van der Waals surface area (Å²) in [6, 6.07) is 8.05. The molecule has 0 aliphatic carbocycles. The Hall–Kier alpha value is -3.42. The minimum Gasteiger partial charge on any atom is -0.451 e. The van der Waals surface area contributed by atoms with E-state index in [9.17, 15) is 19.2 Å². The lowest BCUT2D eigenvalue weighted by Crippen LogP contribution is -2.41. The van der Waals surface area contributed by atoms with E-state index in [1.807, 2.05) is 5.32 Å². The van der Waals surface area contributed by atoms with Gasteiger partial charge >= 0.3 is 12.0 Å². The zero-order chi connectivity index (χ0) is 18.7. The van der Waals surface area contributed by atoms with Crippen LogP contribution in [0.25, 0.3) is 6.08 Å². The van der Waals surface area contributed by atoms with Crippen LogP contribution < -0.4 is 16.0 Å². The topological polar surface area (TPSA) is 114 Å². The summed E-state index contributed by atoms with van der Waals surface area (Å²) in [5.41, 5.74) is 0.541. The molecule has 0 saturated carbocycles. The maximum absolute atomic E-state index is 12.0. The van der Waals surface area contributed by atoms with E-state index in [1.165, 1.54) is 19.1 Å². The molecule has 0 unspecified atom stereocenters. The van der Waals surface area contributed by atoms with Crippen LogP contribution in [-0.4, -0.2) is 37.0 Å². The van der Waals surface area contributed by atoms with Gasteiger partial charge in [0.25, 0.3) is 5.91 Å². The Balaban J connectivity index is 2.65. The standard InChI is InChI=1S/C17H19N3O5/c1-3-9-18-17(24)20-15(22)11-25-16(23)14(19-12(2)21)10-13-7-5-4-6-8-13/h3-8,10H,1,9,11H2,2H3,(H,19,21)(H2,18,20,22,24)/b14-10-. The highest BCUT2D eigenvalue weighted by molar-refractivity contribution is 6.00. The molecule has 8 nitrogen and oxygen atoms in total. The van der Waals surface area contributed by atoms with E-state index in [0.717, 1.165) is 0 Å². The number of carbonyl (C=O) groups is 4. The van der Waals surface area contributed by atoms with Crippen molar-refractivity contribution < 1.29 is 23.9 Å². The van der Waals surface area contributed by atoms with Crippen LogP contribution in [0.15, 0.2) is 48.7 Å². The minimum atomic E-state index is -0.902. The first-order valence-corrected chi connectivity index (χ1v) is 7.32. The first kappa shape index (κ1) is 19.6. The van der Waals surface area contributed by atoms with E-state index in [-0.39, 0.29) is 12.2 Å². The fourth-order valence-electron chi connectivity index (χ4n) is 1.63. The molecule has 0 saturated heterocycles. The molecule has 0 radical (unpaired) electrons. The maximum Gasteiger partial charge on any atom is 0.355 e. The summed E-state index contributed by atoms with van der Waals surface area (Å²) < 4.78 is 4.81. The minimum absolute atomic E-state index is 0.123. The first-order chi connectivity index (χ1) is 11.9. The number of amides is 4. The van der Waals surface area contributed by atoms with Gasteiger partial charge in [0.15, 0.2) is 6.61 Å². The molecule has 0 aliphatic rings. The normalized spacial score (nSPS) is 10.4. The van der Waals surface area contributed by atoms with Gasteiger partial charge in [0, 0.05) is 13.5 Å². The van der Waals surface area contributed by atoms with Crippen LogP contribution in [-0.2, 0) is 19.1 Å². The molecule has 1 aromatic carbocycles. The Morgan fingerprint density at radius 2 is 1.80 bits per heavy atom. The van der Waals surface area contributed by atoms with Gasteiger partial charge in [-0.1, -0.05) is 36.4 Å². The molecular weight excluding hydrogens is 326 g/mol. The molecule has 3 N–H and O–H groups in total. The number of carbonyl (C=O) groups excluding carboxylic acids is 4. The van der Waals surface area contributed by atoms with E-state index in [4.69, 9.17) is 4.74 Å². The molecule has 0 fully saturated rings. The molecule has 1 rings (SSSR count). The molecule has 25 heavy (non-hydrogen) atoms. The highest BCUT2D eigenvalue weighted by atomic mass is 16.5. The highest BCUT2D eigenvalue weighted by Crippen LogP contribution is 2.06. The Kier molecular flexibility index (Phi) is 8.14. The fourth-order valence-corrected chi connectivity index (χ4v) is 1.63. The van der Waals surface area contributed by atoms with Crippen LogP contribution in [0.2, 0.25) is 0 Å². The average molecular weight is 345 g/mol. The van der Waals surface area contributed by atoms with E-state index in [1.54, 1.807) is 30.3 Å². The highest BCUT2D eigenvalue weighted by Gasteiger charge is 2.15. The number of esters is 1. The quantitative estimate of drug-likeness (QED) is 0.383. The van der Waals surface area contributed by atoms with Crippen molar-refractivity contribution in [2.45, 2.75) is 6.92 Å². The Morgan fingerprint density at radius 3 is 2.40 bits per heavy atom. The summed E-state index contributed by atoms with van der Waals surface area (Å²) in [5, 5.41) is 6.66. The molecule has 8 heteroatoms. The number of benzene rings is 1. The van der Waals surface area contributed by atoms with Gasteiger partial charge in [0.05, 0.1) is 0 Å². The predicted octanol–water partition coefficient (Wildman–Crippen LogP) is 0.719. The Morgan fingerprint density at radius 1 is 1.12 bits per heavy atom. The van der Waals surface area contributed by atoms with Crippen molar-refractivity contribution >= 4 is 29.9 Å². The molecule has 132 valence electrons. The van der Waals surface area contributed by atoms with Gasteiger partial charge in [0.1, 0.15) is 5.70 Å². The van der Waals surface area contributed by atoms with Crippen LogP contribution in [0, 0.1) is 0 Å². The summed E-state index contributed by atoms with van der Waals surface area (Å²) in [7, 11) is 0. The van der Waals surface area contributed by atoms with Crippen molar-refractivity contribution in [3.63, 3.8) is 0 Å². The summed E-state index contributed by atoms with van der Waals surface area (Å²) in [6.45, 7) is 4.16.